The van der Waals surface area contributed by atoms with Crippen LogP contribution in [0.5, 0.6) is 11.5 Å². The van der Waals surface area contributed by atoms with Gasteiger partial charge in [0, 0.05) is 16.5 Å². The molecule has 1 aromatic carbocycles. The van der Waals surface area contributed by atoms with Crippen molar-refractivity contribution in [3.05, 3.63) is 46.2 Å². The zero-order chi connectivity index (χ0) is 17.4. The van der Waals surface area contributed by atoms with Crippen LogP contribution in [-0.4, -0.2) is 38.8 Å². The standard InChI is InChI=1S/C16H17N3O4S/c1-22-12-6-11(7-13(8-12)23-2)16(21)17-10-15(20)19-18-9-14-4-3-5-24-14/h3-9H,10H2,1-2H3,(H,17,21)(H,19,20)/b18-9+. The number of carbonyl (C=O) groups excluding carboxylic acids is 2. The highest BCUT2D eigenvalue weighted by Crippen LogP contribution is 2.22. The molecule has 0 aliphatic carbocycles. The number of amides is 2. The highest BCUT2D eigenvalue weighted by molar-refractivity contribution is 7.11. The Kier molecular flexibility index (Phi) is 6.32. The lowest BCUT2D eigenvalue weighted by Crippen LogP contribution is -2.34. The molecule has 1 heterocycles. The molecule has 126 valence electrons. The van der Waals surface area contributed by atoms with E-state index < -0.39 is 11.8 Å². The van der Waals surface area contributed by atoms with Crippen LogP contribution < -0.4 is 20.2 Å². The van der Waals surface area contributed by atoms with Crippen molar-refractivity contribution < 1.29 is 19.1 Å². The average molecular weight is 347 g/mol. The molecule has 2 aromatic rings. The van der Waals surface area contributed by atoms with Gasteiger partial charge in [0.15, 0.2) is 0 Å². The van der Waals surface area contributed by atoms with Gasteiger partial charge in [0.05, 0.1) is 27.0 Å². The number of hydrogen-bond acceptors (Lipinski definition) is 6. The van der Waals surface area contributed by atoms with Gasteiger partial charge in [0.2, 0.25) is 0 Å². The zero-order valence-corrected chi connectivity index (χ0v) is 14.1. The lowest BCUT2D eigenvalue weighted by atomic mass is 10.2. The SMILES string of the molecule is COc1cc(OC)cc(C(=O)NCC(=O)N/N=C/c2cccs2)c1. The van der Waals surface area contributed by atoms with Crippen molar-refractivity contribution in [1.82, 2.24) is 10.7 Å². The molecule has 8 heteroatoms. The molecule has 0 saturated carbocycles. The van der Waals surface area contributed by atoms with E-state index in [0.29, 0.717) is 17.1 Å². The lowest BCUT2D eigenvalue weighted by Gasteiger charge is -2.08. The Hall–Kier alpha value is -2.87. The number of nitrogens with zero attached hydrogens (tertiary/aromatic N) is 1. The fourth-order valence-electron chi connectivity index (χ4n) is 1.77. The van der Waals surface area contributed by atoms with E-state index in [0.717, 1.165) is 4.88 Å². The Morgan fingerprint density at radius 2 is 1.92 bits per heavy atom. The maximum atomic E-state index is 12.1. The van der Waals surface area contributed by atoms with Crippen molar-refractivity contribution in [2.45, 2.75) is 0 Å². The first-order valence-electron chi connectivity index (χ1n) is 6.99. The summed E-state index contributed by atoms with van der Waals surface area (Å²) in [7, 11) is 2.99. The average Bonchev–Trinajstić information content (AvgIpc) is 3.12. The second kappa shape index (κ2) is 8.68. The van der Waals surface area contributed by atoms with Crippen LogP contribution in [-0.2, 0) is 4.79 Å². The number of hydrazone groups is 1. The summed E-state index contributed by atoms with van der Waals surface area (Å²) in [5.41, 5.74) is 2.68. The molecule has 24 heavy (non-hydrogen) atoms. The molecule has 0 spiro atoms. The van der Waals surface area contributed by atoms with E-state index in [2.05, 4.69) is 15.8 Å². The number of hydrogen-bond donors (Lipinski definition) is 2. The summed E-state index contributed by atoms with van der Waals surface area (Å²) >= 11 is 1.50. The molecule has 1 aromatic heterocycles. The van der Waals surface area contributed by atoms with E-state index in [1.54, 1.807) is 18.2 Å². The van der Waals surface area contributed by atoms with Crippen molar-refractivity contribution in [3.63, 3.8) is 0 Å². The second-order valence-electron chi connectivity index (χ2n) is 4.59. The van der Waals surface area contributed by atoms with Gasteiger partial charge in [-0.25, -0.2) is 5.43 Å². The van der Waals surface area contributed by atoms with E-state index in [4.69, 9.17) is 9.47 Å². The molecular formula is C16H17N3O4S. The molecule has 0 radical (unpaired) electrons. The van der Waals surface area contributed by atoms with E-state index in [1.807, 2.05) is 17.5 Å². The fourth-order valence-corrected chi connectivity index (χ4v) is 2.36. The molecule has 0 unspecified atom stereocenters. The molecular weight excluding hydrogens is 330 g/mol. The Morgan fingerprint density at radius 3 is 2.50 bits per heavy atom. The Balaban J connectivity index is 1.87. The van der Waals surface area contributed by atoms with Gasteiger partial charge in [0.25, 0.3) is 11.8 Å². The van der Waals surface area contributed by atoms with Crippen molar-refractivity contribution in [2.24, 2.45) is 5.10 Å². The third-order valence-electron chi connectivity index (χ3n) is 2.95. The molecule has 0 saturated heterocycles. The lowest BCUT2D eigenvalue weighted by molar-refractivity contribution is -0.120. The highest BCUT2D eigenvalue weighted by atomic mass is 32.1. The summed E-state index contributed by atoms with van der Waals surface area (Å²) in [4.78, 5) is 24.7. The number of nitrogens with one attached hydrogen (secondary N) is 2. The Morgan fingerprint density at radius 1 is 1.21 bits per heavy atom. The Labute approximate surface area is 143 Å². The first-order valence-corrected chi connectivity index (χ1v) is 7.87. The highest BCUT2D eigenvalue weighted by Gasteiger charge is 2.11. The van der Waals surface area contributed by atoms with E-state index in [1.165, 1.54) is 31.8 Å². The van der Waals surface area contributed by atoms with Crippen molar-refractivity contribution >= 4 is 29.4 Å². The maximum absolute atomic E-state index is 12.1. The summed E-state index contributed by atoms with van der Waals surface area (Å²) in [6.07, 6.45) is 1.54. The van der Waals surface area contributed by atoms with Gasteiger partial charge in [-0.3, -0.25) is 9.59 Å². The van der Waals surface area contributed by atoms with Crippen LogP contribution in [0.3, 0.4) is 0 Å². The molecule has 0 aliphatic heterocycles. The van der Waals surface area contributed by atoms with Crippen molar-refractivity contribution in [2.75, 3.05) is 20.8 Å². The number of benzene rings is 1. The molecule has 0 aliphatic rings. The number of methoxy groups -OCH3 is 2. The first kappa shape index (κ1) is 17.5. The minimum atomic E-state index is -0.425. The number of thiophene rings is 1. The third-order valence-corrected chi connectivity index (χ3v) is 3.75. The van der Waals surface area contributed by atoms with Gasteiger partial charge >= 0.3 is 0 Å². The minimum Gasteiger partial charge on any atom is -0.497 e. The molecule has 0 atom stereocenters. The normalized spacial score (nSPS) is 10.4. The van der Waals surface area contributed by atoms with Crippen molar-refractivity contribution in [3.8, 4) is 11.5 Å². The molecule has 0 bridgehead atoms. The van der Waals surface area contributed by atoms with Gasteiger partial charge in [-0.05, 0) is 23.6 Å². The second-order valence-corrected chi connectivity index (χ2v) is 5.57. The number of ether oxygens (including phenoxy) is 2. The van der Waals surface area contributed by atoms with Crippen LogP contribution >= 0.6 is 11.3 Å². The summed E-state index contributed by atoms with van der Waals surface area (Å²) in [5.74, 6) is 0.143. The summed E-state index contributed by atoms with van der Waals surface area (Å²) < 4.78 is 10.2. The third kappa shape index (κ3) is 5.10. The first-order chi connectivity index (χ1) is 11.6. The minimum absolute atomic E-state index is 0.194. The zero-order valence-electron chi connectivity index (χ0n) is 13.2. The quantitative estimate of drug-likeness (QED) is 0.589. The van der Waals surface area contributed by atoms with Crippen LogP contribution in [0, 0.1) is 0 Å². The van der Waals surface area contributed by atoms with E-state index in [9.17, 15) is 9.59 Å². The molecule has 2 N–H and O–H groups in total. The smallest absolute Gasteiger partial charge is 0.259 e. The number of rotatable bonds is 7. The van der Waals surface area contributed by atoms with Crippen LogP contribution in [0.2, 0.25) is 0 Å². The van der Waals surface area contributed by atoms with Gasteiger partial charge in [-0.2, -0.15) is 5.10 Å². The predicted octanol–water partition coefficient (Wildman–Crippen LogP) is 1.65. The maximum Gasteiger partial charge on any atom is 0.259 e. The monoisotopic (exact) mass is 347 g/mol. The van der Waals surface area contributed by atoms with Crippen molar-refractivity contribution in [1.29, 1.82) is 0 Å². The van der Waals surface area contributed by atoms with Gasteiger partial charge in [-0.1, -0.05) is 6.07 Å². The van der Waals surface area contributed by atoms with Gasteiger partial charge < -0.3 is 14.8 Å². The van der Waals surface area contributed by atoms with Crippen LogP contribution in [0.1, 0.15) is 15.2 Å². The summed E-state index contributed by atoms with van der Waals surface area (Å²) in [6.45, 7) is -0.194. The van der Waals surface area contributed by atoms with Gasteiger partial charge in [0.1, 0.15) is 11.5 Å². The van der Waals surface area contributed by atoms with E-state index >= 15 is 0 Å². The van der Waals surface area contributed by atoms with E-state index in [-0.39, 0.29) is 6.54 Å². The summed E-state index contributed by atoms with van der Waals surface area (Å²) in [5, 5.41) is 8.23. The summed E-state index contributed by atoms with van der Waals surface area (Å²) in [6, 6.07) is 8.53. The topological polar surface area (TPSA) is 89.0 Å². The Bertz CT molecular complexity index is 707. The number of carbonyl (C=O) groups is 2. The fraction of sp³-hybridized carbons (Fsp3) is 0.188. The molecule has 0 fully saturated rings. The van der Waals surface area contributed by atoms with Crippen LogP contribution in [0.4, 0.5) is 0 Å². The van der Waals surface area contributed by atoms with Gasteiger partial charge in [-0.15, -0.1) is 11.3 Å². The van der Waals surface area contributed by atoms with Crippen LogP contribution in [0.15, 0.2) is 40.8 Å². The predicted molar refractivity (Wildman–Crippen MR) is 91.9 cm³/mol. The molecule has 7 nitrogen and oxygen atoms in total. The van der Waals surface area contributed by atoms with Crippen LogP contribution in [0.25, 0.3) is 0 Å². The largest absolute Gasteiger partial charge is 0.497 e. The molecule has 2 amide bonds. The molecule has 2 rings (SSSR count).